The number of carbonyl (C=O) groups is 1. The second-order valence-electron chi connectivity index (χ2n) is 14.9. The fraction of sp³-hybridized carbons (Fsp3) is 0.900. The Hall–Kier alpha value is -0.590. The zero-order valence-electron chi connectivity index (χ0n) is 21.8. The summed E-state index contributed by atoms with van der Waals surface area (Å²) in [4.78, 5) is 12.9. The van der Waals surface area contributed by atoms with E-state index in [0.717, 1.165) is 24.7 Å². The summed E-state index contributed by atoms with van der Waals surface area (Å²) in [5, 5.41) is 0. The van der Waals surface area contributed by atoms with E-state index < -0.39 is 0 Å². The van der Waals surface area contributed by atoms with Crippen molar-refractivity contribution < 1.29 is 4.79 Å². The summed E-state index contributed by atoms with van der Waals surface area (Å²) in [7, 11) is 0. The van der Waals surface area contributed by atoms with E-state index >= 15 is 0 Å². The second-order valence-corrected chi connectivity index (χ2v) is 14.9. The molecule has 0 N–H and O–H groups in total. The Kier molecular flexibility index (Phi) is 4.51. The van der Waals surface area contributed by atoms with Crippen molar-refractivity contribution in [1.29, 1.82) is 0 Å². The first-order valence-electron chi connectivity index (χ1n) is 13.5. The van der Waals surface area contributed by atoms with E-state index in [1.54, 1.807) is 0 Å². The monoisotopic (exact) mass is 424 g/mol. The van der Waals surface area contributed by atoms with Gasteiger partial charge < -0.3 is 0 Å². The zero-order valence-corrected chi connectivity index (χ0v) is 21.8. The van der Waals surface area contributed by atoms with Crippen LogP contribution in [0.3, 0.4) is 0 Å². The molecule has 0 heterocycles. The quantitative estimate of drug-likeness (QED) is 0.357. The van der Waals surface area contributed by atoms with Gasteiger partial charge in [0.05, 0.1) is 0 Å². The Morgan fingerprint density at radius 3 is 2.10 bits per heavy atom. The van der Waals surface area contributed by atoms with E-state index in [-0.39, 0.29) is 5.41 Å². The maximum Gasteiger partial charge on any atom is 0.138 e. The van der Waals surface area contributed by atoms with Gasteiger partial charge in [-0.25, -0.2) is 0 Å². The van der Waals surface area contributed by atoms with Crippen molar-refractivity contribution in [2.24, 2.45) is 50.2 Å². The van der Waals surface area contributed by atoms with Crippen LogP contribution in [0.5, 0.6) is 0 Å². The highest BCUT2D eigenvalue weighted by Crippen LogP contribution is 2.76. The number of Topliss-reactive ketones (excluding diaryl/α,β-unsaturated/α-hetero) is 1. The third-order valence-corrected chi connectivity index (χ3v) is 12.7. The SMILES string of the molecule is CC1(C)C=C2[C@H]3CC[C@@H]4[C@@]5(C)CCC(=O)C(C)(C)C5CC[C@@]4(C)[C@]3(C)CC[C@@]2(C)CC1. The summed E-state index contributed by atoms with van der Waals surface area (Å²) in [6, 6.07) is 0. The molecule has 0 aromatic rings. The van der Waals surface area contributed by atoms with Crippen LogP contribution in [0.2, 0.25) is 0 Å². The molecule has 1 unspecified atom stereocenters. The Balaban J connectivity index is 1.57. The van der Waals surface area contributed by atoms with Gasteiger partial charge in [0, 0.05) is 11.8 Å². The summed E-state index contributed by atoms with van der Waals surface area (Å²) in [5.74, 6) is 2.64. The van der Waals surface area contributed by atoms with Gasteiger partial charge in [0.15, 0.2) is 0 Å². The van der Waals surface area contributed by atoms with Crippen LogP contribution in [0.4, 0.5) is 0 Å². The molecule has 1 heteroatoms. The fourth-order valence-electron chi connectivity index (χ4n) is 10.4. The number of rotatable bonds is 0. The predicted molar refractivity (Wildman–Crippen MR) is 130 cm³/mol. The molecule has 7 atom stereocenters. The van der Waals surface area contributed by atoms with Crippen molar-refractivity contribution >= 4 is 5.78 Å². The Bertz CT molecular complexity index is 831. The van der Waals surface area contributed by atoms with Gasteiger partial charge in [-0.2, -0.15) is 0 Å². The number of carbonyl (C=O) groups excluding carboxylic acids is 1. The van der Waals surface area contributed by atoms with Gasteiger partial charge in [0.25, 0.3) is 0 Å². The van der Waals surface area contributed by atoms with Crippen LogP contribution in [0.25, 0.3) is 0 Å². The minimum Gasteiger partial charge on any atom is -0.299 e. The molecule has 0 bridgehead atoms. The van der Waals surface area contributed by atoms with Gasteiger partial charge in [-0.05, 0) is 103 Å². The van der Waals surface area contributed by atoms with Crippen molar-refractivity contribution in [3.63, 3.8) is 0 Å². The normalized spacial score (nSPS) is 52.8. The van der Waals surface area contributed by atoms with Crippen molar-refractivity contribution in [3.05, 3.63) is 11.6 Å². The molecule has 0 amide bonds. The highest BCUT2D eigenvalue weighted by molar-refractivity contribution is 5.85. The fourth-order valence-corrected chi connectivity index (χ4v) is 10.4. The lowest BCUT2D eigenvalue weighted by atomic mass is 9.32. The van der Waals surface area contributed by atoms with Gasteiger partial charge in [0.2, 0.25) is 0 Å². The first-order chi connectivity index (χ1) is 14.2. The lowest BCUT2D eigenvalue weighted by Crippen LogP contribution is -2.65. The van der Waals surface area contributed by atoms with Gasteiger partial charge in [-0.1, -0.05) is 67.0 Å². The smallest absolute Gasteiger partial charge is 0.138 e. The van der Waals surface area contributed by atoms with E-state index in [9.17, 15) is 4.79 Å². The van der Waals surface area contributed by atoms with Crippen LogP contribution < -0.4 is 0 Å². The minimum absolute atomic E-state index is 0.132. The number of fused-ring (bicyclic) bond motifs is 7. The zero-order chi connectivity index (χ0) is 22.7. The lowest BCUT2D eigenvalue weighted by molar-refractivity contribution is -0.211. The van der Waals surface area contributed by atoms with E-state index in [4.69, 9.17) is 0 Å². The molecule has 0 aromatic heterocycles. The maximum absolute atomic E-state index is 12.9. The van der Waals surface area contributed by atoms with Crippen LogP contribution >= 0.6 is 0 Å². The summed E-state index contributed by atoms with van der Waals surface area (Å²) >= 11 is 0. The lowest BCUT2D eigenvalue weighted by Gasteiger charge is -2.72. The van der Waals surface area contributed by atoms with Crippen LogP contribution in [-0.2, 0) is 4.79 Å². The van der Waals surface area contributed by atoms with Crippen LogP contribution in [0.15, 0.2) is 11.6 Å². The number of ketones is 1. The summed E-state index contributed by atoms with van der Waals surface area (Å²) in [5.41, 5.74) is 3.68. The summed E-state index contributed by atoms with van der Waals surface area (Å²) in [6.07, 6.45) is 15.6. The topological polar surface area (TPSA) is 17.1 Å². The maximum atomic E-state index is 12.9. The van der Waals surface area contributed by atoms with Gasteiger partial charge in [0.1, 0.15) is 5.78 Å². The van der Waals surface area contributed by atoms with Crippen LogP contribution in [-0.4, -0.2) is 5.78 Å². The van der Waals surface area contributed by atoms with Crippen LogP contribution in [0.1, 0.15) is 120 Å². The molecule has 31 heavy (non-hydrogen) atoms. The largest absolute Gasteiger partial charge is 0.299 e. The van der Waals surface area contributed by atoms with Crippen molar-refractivity contribution in [3.8, 4) is 0 Å². The van der Waals surface area contributed by atoms with Crippen molar-refractivity contribution in [2.75, 3.05) is 0 Å². The molecule has 5 rings (SSSR count). The van der Waals surface area contributed by atoms with E-state index in [2.05, 4.69) is 61.5 Å². The molecule has 4 fully saturated rings. The molecule has 0 aliphatic heterocycles. The third-order valence-electron chi connectivity index (χ3n) is 12.7. The molecule has 4 saturated carbocycles. The molecular formula is C30H48O. The highest BCUT2D eigenvalue weighted by atomic mass is 16.1. The molecule has 174 valence electrons. The molecular weight excluding hydrogens is 376 g/mol. The standard InChI is InChI=1S/C30H48O/c1-25(2)15-16-27(5)17-18-29(7)20(21(27)19-25)9-10-23-28(6)13-12-24(31)26(3,4)22(28)11-14-30(23,29)8/h19-20,22-23H,9-18H2,1-8H3/t20-,22?,23-,27-,28+,29-,30-/m1/s1. The predicted octanol–water partition coefficient (Wildman–Crippen LogP) is 8.38. The molecule has 0 radical (unpaired) electrons. The average molecular weight is 425 g/mol. The highest BCUT2D eigenvalue weighted by Gasteiger charge is 2.68. The van der Waals surface area contributed by atoms with E-state index in [1.807, 2.05) is 5.57 Å². The number of hydrogen-bond acceptors (Lipinski definition) is 1. The number of hydrogen-bond donors (Lipinski definition) is 0. The minimum atomic E-state index is -0.132. The third kappa shape index (κ3) is 2.70. The number of allylic oxidation sites excluding steroid dienone is 2. The van der Waals surface area contributed by atoms with Gasteiger partial charge in [-0.15, -0.1) is 0 Å². The molecule has 0 spiro atoms. The first-order valence-corrected chi connectivity index (χ1v) is 13.5. The van der Waals surface area contributed by atoms with Gasteiger partial charge in [-0.3, -0.25) is 4.79 Å². The van der Waals surface area contributed by atoms with Gasteiger partial charge >= 0.3 is 0 Å². The van der Waals surface area contributed by atoms with E-state index in [0.29, 0.717) is 38.8 Å². The first kappa shape index (κ1) is 22.2. The summed E-state index contributed by atoms with van der Waals surface area (Å²) in [6.45, 7) is 20.1. The second kappa shape index (κ2) is 6.29. The summed E-state index contributed by atoms with van der Waals surface area (Å²) < 4.78 is 0. The average Bonchev–Trinajstić information content (AvgIpc) is 2.67. The molecule has 0 aromatic carbocycles. The van der Waals surface area contributed by atoms with Crippen molar-refractivity contribution in [1.82, 2.24) is 0 Å². The van der Waals surface area contributed by atoms with E-state index in [1.165, 1.54) is 51.4 Å². The molecule has 5 aliphatic rings. The molecule has 5 aliphatic carbocycles. The Labute approximate surface area is 192 Å². The Morgan fingerprint density at radius 1 is 0.710 bits per heavy atom. The molecule has 1 nitrogen and oxygen atoms in total. The Morgan fingerprint density at radius 2 is 1.39 bits per heavy atom. The van der Waals surface area contributed by atoms with Crippen LogP contribution in [0, 0.1) is 50.2 Å². The molecule has 0 saturated heterocycles. The van der Waals surface area contributed by atoms with Crippen molar-refractivity contribution in [2.45, 2.75) is 120 Å².